The molecule has 0 spiro atoms. The summed E-state index contributed by atoms with van der Waals surface area (Å²) in [4.78, 5) is 4.05. The SMILES string of the molecule is Cc1cc(F)cc(C)c1S(=O)(=O)NCc1cccnc1. The lowest BCUT2D eigenvalue weighted by molar-refractivity contribution is 0.578. The van der Waals surface area contributed by atoms with Crippen molar-refractivity contribution in [1.82, 2.24) is 9.71 Å². The van der Waals surface area contributed by atoms with Crippen LogP contribution >= 0.6 is 0 Å². The van der Waals surface area contributed by atoms with Gasteiger partial charge in [-0.3, -0.25) is 4.98 Å². The first-order valence-corrected chi connectivity index (χ1v) is 7.54. The number of sulfonamides is 1. The van der Waals surface area contributed by atoms with Gasteiger partial charge in [0.1, 0.15) is 5.82 Å². The molecular weight excluding hydrogens is 279 g/mol. The molecule has 1 N–H and O–H groups in total. The normalized spacial score (nSPS) is 11.6. The molecule has 1 heterocycles. The average Bonchev–Trinajstić information content (AvgIpc) is 2.36. The van der Waals surface area contributed by atoms with Crippen molar-refractivity contribution in [2.24, 2.45) is 0 Å². The van der Waals surface area contributed by atoms with Crippen LogP contribution in [0.1, 0.15) is 16.7 Å². The second kappa shape index (κ2) is 5.68. The molecule has 0 aliphatic heterocycles. The molecule has 106 valence electrons. The summed E-state index contributed by atoms with van der Waals surface area (Å²) in [7, 11) is -3.68. The van der Waals surface area contributed by atoms with Crippen molar-refractivity contribution in [2.45, 2.75) is 25.3 Å². The van der Waals surface area contributed by atoms with Gasteiger partial charge in [0, 0.05) is 18.9 Å². The Kier molecular flexibility index (Phi) is 4.15. The van der Waals surface area contributed by atoms with Crippen LogP contribution < -0.4 is 4.72 Å². The Labute approximate surface area is 117 Å². The van der Waals surface area contributed by atoms with E-state index >= 15 is 0 Å². The van der Waals surface area contributed by atoms with Crippen molar-refractivity contribution >= 4 is 10.0 Å². The van der Waals surface area contributed by atoms with Crippen LogP contribution in [0.25, 0.3) is 0 Å². The summed E-state index contributed by atoms with van der Waals surface area (Å²) in [5.74, 6) is -0.439. The van der Waals surface area contributed by atoms with Gasteiger partial charge in [0.2, 0.25) is 10.0 Å². The number of aryl methyl sites for hydroxylation is 2. The summed E-state index contributed by atoms with van der Waals surface area (Å²) in [6.07, 6.45) is 3.21. The van der Waals surface area contributed by atoms with Gasteiger partial charge in [-0.1, -0.05) is 6.07 Å². The highest BCUT2D eigenvalue weighted by Gasteiger charge is 2.20. The number of hydrogen-bond donors (Lipinski definition) is 1. The molecule has 6 heteroatoms. The average molecular weight is 294 g/mol. The number of hydrogen-bond acceptors (Lipinski definition) is 3. The zero-order valence-electron chi connectivity index (χ0n) is 11.2. The lowest BCUT2D eigenvalue weighted by Gasteiger charge is -2.12. The first kappa shape index (κ1) is 14.6. The van der Waals surface area contributed by atoms with Crippen molar-refractivity contribution in [3.63, 3.8) is 0 Å². The Hall–Kier alpha value is -1.79. The molecule has 0 aliphatic carbocycles. The predicted octanol–water partition coefficient (Wildman–Crippen LogP) is 2.32. The summed E-state index contributed by atoms with van der Waals surface area (Å²) < 4.78 is 40.3. The minimum atomic E-state index is -3.68. The lowest BCUT2D eigenvalue weighted by Crippen LogP contribution is -2.25. The van der Waals surface area contributed by atoms with E-state index in [1.807, 2.05) is 0 Å². The fraction of sp³-hybridized carbons (Fsp3) is 0.214. The van der Waals surface area contributed by atoms with Crippen LogP contribution in [0.5, 0.6) is 0 Å². The molecule has 20 heavy (non-hydrogen) atoms. The molecule has 1 aromatic carbocycles. The molecule has 0 atom stereocenters. The topological polar surface area (TPSA) is 59.1 Å². The summed E-state index contributed by atoms with van der Waals surface area (Å²) in [5, 5.41) is 0. The van der Waals surface area contributed by atoms with Gasteiger partial charge < -0.3 is 0 Å². The molecule has 0 saturated heterocycles. The molecule has 2 rings (SSSR count). The third-order valence-corrected chi connectivity index (χ3v) is 4.59. The molecule has 0 unspecified atom stereocenters. The zero-order chi connectivity index (χ0) is 14.8. The van der Waals surface area contributed by atoms with Gasteiger partial charge in [0.25, 0.3) is 0 Å². The van der Waals surface area contributed by atoms with E-state index in [2.05, 4.69) is 9.71 Å². The summed E-state index contributed by atoms with van der Waals surface area (Å²) in [6, 6.07) is 5.94. The first-order chi connectivity index (χ1) is 9.40. The number of halogens is 1. The number of aromatic nitrogens is 1. The second-order valence-electron chi connectivity index (χ2n) is 4.55. The lowest BCUT2D eigenvalue weighted by atomic mass is 10.1. The summed E-state index contributed by atoms with van der Waals surface area (Å²) >= 11 is 0. The van der Waals surface area contributed by atoms with Crippen LogP contribution in [0.2, 0.25) is 0 Å². The van der Waals surface area contributed by atoms with Crippen molar-refractivity contribution in [2.75, 3.05) is 0 Å². The number of rotatable bonds is 4. The summed E-state index contributed by atoms with van der Waals surface area (Å²) in [5.41, 5.74) is 1.54. The van der Waals surface area contributed by atoms with E-state index in [0.717, 1.165) is 5.56 Å². The minimum absolute atomic E-state index is 0.128. The third kappa shape index (κ3) is 3.20. The maximum absolute atomic E-state index is 13.2. The Bertz CT molecular complexity index is 692. The van der Waals surface area contributed by atoms with Crippen LogP contribution in [-0.2, 0) is 16.6 Å². The van der Waals surface area contributed by atoms with Gasteiger partial charge in [-0.25, -0.2) is 17.5 Å². The molecule has 0 aliphatic rings. The Morgan fingerprint density at radius 2 is 1.90 bits per heavy atom. The van der Waals surface area contributed by atoms with Crippen molar-refractivity contribution in [3.05, 3.63) is 59.2 Å². The molecular formula is C14H15FN2O2S. The molecule has 0 radical (unpaired) electrons. The van der Waals surface area contributed by atoms with Crippen LogP contribution in [0.15, 0.2) is 41.6 Å². The minimum Gasteiger partial charge on any atom is -0.264 e. The Morgan fingerprint density at radius 3 is 2.45 bits per heavy atom. The number of benzene rings is 1. The molecule has 0 amide bonds. The van der Waals surface area contributed by atoms with E-state index in [4.69, 9.17) is 0 Å². The summed E-state index contributed by atoms with van der Waals surface area (Å²) in [6.45, 7) is 3.30. The highest BCUT2D eigenvalue weighted by molar-refractivity contribution is 7.89. The van der Waals surface area contributed by atoms with E-state index in [1.165, 1.54) is 12.1 Å². The number of pyridine rings is 1. The van der Waals surface area contributed by atoms with Gasteiger partial charge in [-0.2, -0.15) is 0 Å². The fourth-order valence-corrected chi connectivity index (χ4v) is 3.54. The van der Waals surface area contributed by atoms with Gasteiger partial charge in [0.05, 0.1) is 4.90 Å². The van der Waals surface area contributed by atoms with Crippen LogP contribution in [-0.4, -0.2) is 13.4 Å². The van der Waals surface area contributed by atoms with Crippen molar-refractivity contribution in [1.29, 1.82) is 0 Å². The standard InChI is InChI=1S/C14H15FN2O2S/c1-10-6-13(15)7-11(2)14(10)20(18,19)17-9-12-4-3-5-16-8-12/h3-8,17H,9H2,1-2H3. The van der Waals surface area contributed by atoms with E-state index in [9.17, 15) is 12.8 Å². The maximum Gasteiger partial charge on any atom is 0.241 e. The van der Waals surface area contributed by atoms with Crippen LogP contribution in [0, 0.1) is 19.7 Å². The first-order valence-electron chi connectivity index (χ1n) is 6.05. The predicted molar refractivity (Wildman–Crippen MR) is 74.1 cm³/mol. The maximum atomic E-state index is 13.2. The zero-order valence-corrected chi connectivity index (χ0v) is 12.0. The van der Waals surface area contributed by atoms with E-state index in [1.54, 1.807) is 38.4 Å². The van der Waals surface area contributed by atoms with E-state index in [0.29, 0.717) is 11.1 Å². The van der Waals surface area contributed by atoms with Crippen LogP contribution in [0.3, 0.4) is 0 Å². The molecule has 2 aromatic rings. The smallest absolute Gasteiger partial charge is 0.241 e. The van der Waals surface area contributed by atoms with Crippen molar-refractivity contribution in [3.8, 4) is 0 Å². The second-order valence-corrected chi connectivity index (χ2v) is 6.26. The van der Waals surface area contributed by atoms with Gasteiger partial charge in [-0.05, 0) is 48.7 Å². The van der Waals surface area contributed by atoms with Crippen LogP contribution in [0.4, 0.5) is 4.39 Å². The van der Waals surface area contributed by atoms with Gasteiger partial charge in [0.15, 0.2) is 0 Å². The molecule has 1 aromatic heterocycles. The molecule has 0 bridgehead atoms. The molecule has 0 fully saturated rings. The monoisotopic (exact) mass is 294 g/mol. The third-order valence-electron chi connectivity index (χ3n) is 2.88. The van der Waals surface area contributed by atoms with Gasteiger partial charge in [-0.15, -0.1) is 0 Å². The Morgan fingerprint density at radius 1 is 1.25 bits per heavy atom. The van der Waals surface area contributed by atoms with E-state index < -0.39 is 15.8 Å². The number of nitrogens with zero attached hydrogens (tertiary/aromatic N) is 1. The highest BCUT2D eigenvalue weighted by atomic mass is 32.2. The fourth-order valence-electron chi connectivity index (χ4n) is 2.07. The molecule has 0 saturated carbocycles. The van der Waals surface area contributed by atoms with Crippen molar-refractivity contribution < 1.29 is 12.8 Å². The van der Waals surface area contributed by atoms with E-state index in [-0.39, 0.29) is 11.4 Å². The largest absolute Gasteiger partial charge is 0.264 e. The number of nitrogens with one attached hydrogen (secondary N) is 1. The quantitative estimate of drug-likeness (QED) is 0.941. The Balaban J connectivity index is 2.28. The molecule has 4 nitrogen and oxygen atoms in total. The van der Waals surface area contributed by atoms with Gasteiger partial charge >= 0.3 is 0 Å². The highest BCUT2D eigenvalue weighted by Crippen LogP contribution is 2.21.